The molecule has 1 heterocycles. The van der Waals surface area contributed by atoms with E-state index in [4.69, 9.17) is 9.47 Å². The number of carbonyl (C=O) groups is 2. The first-order valence-electron chi connectivity index (χ1n) is 7.22. The number of nitrogens with one attached hydrogen (secondary N) is 1. The number of hydrogen-bond donors (Lipinski definition) is 2. The maximum atomic E-state index is 11.9. The lowest BCUT2D eigenvalue weighted by atomic mass is 9.86. The van der Waals surface area contributed by atoms with E-state index in [2.05, 4.69) is 5.32 Å². The Labute approximate surface area is 129 Å². The fourth-order valence-electron chi connectivity index (χ4n) is 2.48. The van der Waals surface area contributed by atoms with Crippen molar-refractivity contribution < 1.29 is 24.2 Å². The fraction of sp³-hybridized carbons (Fsp3) is 0.500. The van der Waals surface area contributed by atoms with Crippen molar-refractivity contribution >= 4 is 12.1 Å². The maximum absolute atomic E-state index is 11.9. The summed E-state index contributed by atoms with van der Waals surface area (Å²) in [4.78, 5) is 23.5. The minimum absolute atomic E-state index is 0.352. The van der Waals surface area contributed by atoms with E-state index in [-0.39, 0.29) is 5.92 Å². The van der Waals surface area contributed by atoms with Gasteiger partial charge in [0.25, 0.3) is 0 Å². The van der Waals surface area contributed by atoms with Crippen LogP contribution in [0, 0.1) is 0 Å². The Morgan fingerprint density at radius 3 is 2.68 bits per heavy atom. The summed E-state index contributed by atoms with van der Waals surface area (Å²) in [6.07, 6.45) is -0.215. The molecule has 0 radical (unpaired) electrons. The first-order valence-corrected chi connectivity index (χ1v) is 7.22. The summed E-state index contributed by atoms with van der Waals surface area (Å²) in [6.45, 7) is 5.60. The Morgan fingerprint density at radius 2 is 2.05 bits per heavy atom. The quantitative estimate of drug-likeness (QED) is 0.896. The second-order valence-electron chi connectivity index (χ2n) is 6.24. The normalized spacial score (nSPS) is 18.6. The molecule has 0 unspecified atom stereocenters. The number of aliphatic carboxylic acids is 1. The summed E-state index contributed by atoms with van der Waals surface area (Å²) in [5, 5.41) is 12.0. The summed E-state index contributed by atoms with van der Waals surface area (Å²) in [5.74, 6) is -0.779. The Kier molecular flexibility index (Phi) is 4.59. The minimum atomic E-state index is -1.09. The van der Waals surface area contributed by atoms with Crippen LogP contribution in [0.2, 0.25) is 0 Å². The third-order valence-corrected chi connectivity index (χ3v) is 3.35. The van der Waals surface area contributed by atoms with Gasteiger partial charge in [-0.15, -0.1) is 0 Å². The van der Waals surface area contributed by atoms with Crippen molar-refractivity contribution in [2.75, 3.05) is 6.61 Å². The van der Waals surface area contributed by atoms with Crippen LogP contribution in [0.15, 0.2) is 24.3 Å². The Balaban J connectivity index is 2.19. The molecule has 1 aliphatic rings. The Hall–Kier alpha value is -2.24. The number of hydrogen-bond acceptors (Lipinski definition) is 4. The predicted molar refractivity (Wildman–Crippen MR) is 80.1 cm³/mol. The standard InChI is InChI=1S/C16H21NO5/c1-16(2,3)22-15(20)17-13(14(18)19)11-8-9-21-12-7-5-4-6-10(11)12/h4-7,11,13H,8-9H2,1-3H3,(H,17,20)(H,18,19)/t11-,13+/m1/s1. The number of ether oxygens (including phenoxy) is 2. The van der Waals surface area contributed by atoms with E-state index < -0.39 is 23.7 Å². The predicted octanol–water partition coefficient (Wildman–Crippen LogP) is 2.53. The minimum Gasteiger partial charge on any atom is -0.493 e. The highest BCUT2D eigenvalue weighted by Gasteiger charge is 2.35. The number of carboxylic acids is 1. The Bertz CT molecular complexity index is 564. The molecule has 0 fully saturated rings. The van der Waals surface area contributed by atoms with Crippen molar-refractivity contribution in [1.82, 2.24) is 5.32 Å². The molecule has 6 nitrogen and oxygen atoms in total. The monoisotopic (exact) mass is 307 g/mol. The highest BCUT2D eigenvalue weighted by atomic mass is 16.6. The molecular weight excluding hydrogens is 286 g/mol. The summed E-state index contributed by atoms with van der Waals surface area (Å²) >= 11 is 0. The molecule has 0 spiro atoms. The average Bonchev–Trinajstić information content (AvgIpc) is 2.42. The van der Waals surface area contributed by atoms with Gasteiger partial charge < -0.3 is 19.9 Å². The zero-order valence-electron chi connectivity index (χ0n) is 13.0. The van der Waals surface area contributed by atoms with Crippen LogP contribution in [0.5, 0.6) is 5.75 Å². The molecule has 120 valence electrons. The molecule has 0 saturated carbocycles. The lowest BCUT2D eigenvalue weighted by Crippen LogP contribution is -2.47. The van der Waals surface area contributed by atoms with Crippen molar-refractivity contribution in [2.24, 2.45) is 0 Å². The largest absolute Gasteiger partial charge is 0.493 e. The van der Waals surface area contributed by atoms with Gasteiger partial charge in [0.1, 0.15) is 17.4 Å². The van der Waals surface area contributed by atoms with E-state index in [1.807, 2.05) is 18.2 Å². The van der Waals surface area contributed by atoms with E-state index in [0.29, 0.717) is 18.8 Å². The molecule has 1 aromatic rings. The molecule has 22 heavy (non-hydrogen) atoms. The van der Waals surface area contributed by atoms with Gasteiger partial charge >= 0.3 is 12.1 Å². The van der Waals surface area contributed by atoms with E-state index in [9.17, 15) is 14.7 Å². The highest BCUT2D eigenvalue weighted by molar-refractivity contribution is 5.81. The highest BCUT2D eigenvalue weighted by Crippen LogP contribution is 2.35. The van der Waals surface area contributed by atoms with Crippen LogP contribution >= 0.6 is 0 Å². The third kappa shape index (κ3) is 3.90. The van der Waals surface area contributed by atoms with Crippen molar-refractivity contribution in [1.29, 1.82) is 0 Å². The van der Waals surface area contributed by atoms with E-state index >= 15 is 0 Å². The second-order valence-corrected chi connectivity index (χ2v) is 6.24. The zero-order chi connectivity index (χ0) is 16.3. The smallest absolute Gasteiger partial charge is 0.408 e. The van der Waals surface area contributed by atoms with Crippen molar-refractivity contribution in [3.63, 3.8) is 0 Å². The van der Waals surface area contributed by atoms with E-state index in [0.717, 1.165) is 5.56 Å². The molecule has 0 bridgehead atoms. The molecular formula is C16H21NO5. The number of carbonyl (C=O) groups excluding carboxylic acids is 1. The van der Waals surface area contributed by atoms with Crippen LogP contribution in [0.25, 0.3) is 0 Å². The molecule has 0 aliphatic carbocycles. The van der Waals surface area contributed by atoms with Crippen LogP contribution in [0.1, 0.15) is 38.7 Å². The molecule has 0 saturated heterocycles. The summed E-state index contributed by atoms with van der Waals surface area (Å²) in [6, 6.07) is 6.23. The molecule has 1 amide bonds. The van der Waals surface area contributed by atoms with Gasteiger partial charge in [-0.3, -0.25) is 0 Å². The van der Waals surface area contributed by atoms with Gasteiger partial charge in [-0.2, -0.15) is 0 Å². The molecule has 1 aliphatic heterocycles. The summed E-state index contributed by atoms with van der Waals surface area (Å²) < 4.78 is 10.7. The third-order valence-electron chi connectivity index (χ3n) is 3.35. The van der Waals surface area contributed by atoms with Crippen LogP contribution in [-0.2, 0) is 9.53 Å². The number of carboxylic acid groups (broad SMARTS) is 1. The first kappa shape index (κ1) is 16.1. The van der Waals surface area contributed by atoms with E-state index in [1.54, 1.807) is 26.8 Å². The van der Waals surface area contributed by atoms with Crippen molar-refractivity contribution in [2.45, 2.75) is 44.8 Å². The molecule has 6 heteroatoms. The number of alkyl carbamates (subject to hydrolysis) is 1. The average molecular weight is 307 g/mol. The van der Waals surface area contributed by atoms with Gasteiger partial charge in [-0.25, -0.2) is 9.59 Å². The molecule has 1 aromatic carbocycles. The summed E-state index contributed by atoms with van der Waals surface area (Å²) in [5.41, 5.74) is 0.109. The number of amides is 1. The lowest BCUT2D eigenvalue weighted by Gasteiger charge is -2.31. The van der Waals surface area contributed by atoms with Crippen LogP contribution in [-0.4, -0.2) is 35.4 Å². The lowest BCUT2D eigenvalue weighted by molar-refractivity contribution is -0.140. The molecule has 0 aromatic heterocycles. The van der Waals surface area contributed by atoms with Gasteiger partial charge in [0.15, 0.2) is 0 Å². The van der Waals surface area contributed by atoms with Gasteiger partial charge in [0, 0.05) is 5.92 Å². The number of rotatable bonds is 3. The van der Waals surface area contributed by atoms with Gasteiger partial charge in [0.05, 0.1) is 6.61 Å². The van der Waals surface area contributed by atoms with Crippen molar-refractivity contribution in [3.05, 3.63) is 29.8 Å². The van der Waals surface area contributed by atoms with Gasteiger partial charge in [0.2, 0.25) is 0 Å². The number of benzene rings is 1. The zero-order valence-corrected chi connectivity index (χ0v) is 13.0. The van der Waals surface area contributed by atoms with Gasteiger partial charge in [-0.1, -0.05) is 18.2 Å². The molecule has 2 rings (SSSR count). The SMILES string of the molecule is CC(C)(C)OC(=O)N[C@H](C(=O)O)[C@@H]1CCOc2ccccc21. The van der Waals surface area contributed by atoms with Crippen LogP contribution < -0.4 is 10.1 Å². The molecule has 2 atom stereocenters. The Morgan fingerprint density at radius 1 is 1.36 bits per heavy atom. The first-order chi connectivity index (χ1) is 10.3. The van der Waals surface area contributed by atoms with Crippen LogP contribution in [0.3, 0.4) is 0 Å². The second kappa shape index (κ2) is 6.25. The molecule has 2 N–H and O–H groups in total. The van der Waals surface area contributed by atoms with Crippen LogP contribution in [0.4, 0.5) is 4.79 Å². The fourth-order valence-corrected chi connectivity index (χ4v) is 2.48. The topological polar surface area (TPSA) is 84.9 Å². The number of para-hydroxylation sites is 1. The summed E-state index contributed by atoms with van der Waals surface area (Å²) in [7, 11) is 0. The van der Waals surface area contributed by atoms with E-state index in [1.165, 1.54) is 0 Å². The maximum Gasteiger partial charge on any atom is 0.408 e. The number of fused-ring (bicyclic) bond motifs is 1. The van der Waals surface area contributed by atoms with Crippen molar-refractivity contribution in [3.8, 4) is 5.75 Å². The van der Waals surface area contributed by atoms with Gasteiger partial charge in [-0.05, 0) is 38.8 Å².